The quantitative estimate of drug-likeness (QED) is 0.674. The van der Waals surface area contributed by atoms with Crippen LogP contribution >= 0.6 is 11.6 Å². The normalized spacial score (nSPS) is 14.9. The van der Waals surface area contributed by atoms with Crippen LogP contribution in [0.3, 0.4) is 0 Å². The van der Waals surface area contributed by atoms with Crippen molar-refractivity contribution in [2.45, 2.75) is 25.6 Å². The molecule has 0 saturated heterocycles. The summed E-state index contributed by atoms with van der Waals surface area (Å²) in [7, 11) is 0. The minimum atomic E-state index is -1.08. The average molecular weight is 231 g/mol. The second kappa shape index (κ2) is 5.30. The number of aryl methyl sites for hydroxylation is 1. The molecule has 15 heavy (non-hydrogen) atoms. The number of pyridine rings is 1. The average Bonchev–Trinajstić information content (AvgIpc) is 2.21. The first kappa shape index (κ1) is 12.2. The Morgan fingerprint density at radius 1 is 1.53 bits per heavy atom. The molecule has 4 nitrogen and oxygen atoms in total. The number of hydrogen-bond acceptors (Lipinski definition) is 4. The Kier molecular flexibility index (Phi) is 4.32. The van der Waals surface area contributed by atoms with E-state index in [1.807, 2.05) is 6.92 Å². The van der Waals surface area contributed by atoms with E-state index in [0.717, 1.165) is 5.56 Å². The molecule has 0 spiro atoms. The number of nitrogens with zero attached hydrogens (tertiary/aromatic N) is 1. The SMILES string of the molecule is Cc1ccnc(C(O)C(O)CCCl)c1N. The van der Waals surface area contributed by atoms with E-state index in [1.54, 1.807) is 12.3 Å². The van der Waals surface area contributed by atoms with Gasteiger partial charge in [0, 0.05) is 12.1 Å². The monoisotopic (exact) mass is 230 g/mol. The molecule has 2 atom stereocenters. The van der Waals surface area contributed by atoms with Gasteiger partial charge >= 0.3 is 0 Å². The zero-order valence-electron chi connectivity index (χ0n) is 8.52. The largest absolute Gasteiger partial charge is 0.397 e. The second-order valence-electron chi connectivity index (χ2n) is 3.42. The molecule has 1 heterocycles. The zero-order valence-corrected chi connectivity index (χ0v) is 9.28. The summed E-state index contributed by atoms with van der Waals surface area (Å²) in [6, 6.07) is 1.75. The van der Waals surface area contributed by atoms with Gasteiger partial charge in [0.2, 0.25) is 0 Å². The van der Waals surface area contributed by atoms with Crippen molar-refractivity contribution in [2.75, 3.05) is 11.6 Å². The highest BCUT2D eigenvalue weighted by Crippen LogP contribution is 2.24. The first-order valence-corrected chi connectivity index (χ1v) is 5.24. The zero-order chi connectivity index (χ0) is 11.4. The van der Waals surface area contributed by atoms with Crippen molar-refractivity contribution in [3.63, 3.8) is 0 Å². The lowest BCUT2D eigenvalue weighted by Gasteiger charge is -2.18. The van der Waals surface area contributed by atoms with E-state index in [1.165, 1.54) is 0 Å². The van der Waals surface area contributed by atoms with E-state index in [-0.39, 0.29) is 5.88 Å². The molecule has 5 heteroatoms. The number of aromatic nitrogens is 1. The summed E-state index contributed by atoms with van der Waals surface area (Å²) in [5.74, 6) is 0.282. The molecule has 0 bridgehead atoms. The highest BCUT2D eigenvalue weighted by molar-refractivity contribution is 6.17. The van der Waals surface area contributed by atoms with Gasteiger partial charge in [-0.2, -0.15) is 0 Å². The number of anilines is 1. The molecule has 2 unspecified atom stereocenters. The van der Waals surface area contributed by atoms with Crippen LogP contribution in [-0.2, 0) is 0 Å². The molecule has 0 amide bonds. The van der Waals surface area contributed by atoms with Crippen LogP contribution in [0.1, 0.15) is 23.8 Å². The Bertz CT molecular complexity index is 333. The predicted molar refractivity (Wildman–Crippen MR) is 59.7 cm³/mol. The van der Waals surface area contributed by atoms with Crippen molar-refractivity contribution in [1.82, 2.24) is 4.98 Å². The van der Waals surface area contributed by atoms with Crippen LogP contribution in [0.2, 0.25) is 0 Å². The van der Waals surface area contributed by atoms with E-state index < -0.39 is 12.2 Å². The summed E-state index contributed by atoms with van der Waals surface area (Å²) in [6.45, 7) is 1.82. The van der Waals surface area contributed by atoms with Gasteiger partial charge in [-0.1, -0.05) is 0 Å². The number of nitrogen functional groups attached to an aromatic ring is 1. The summed E-state index contributed by atoms with van der Waals surface area (Å²) in [5.41, 5.74) is 7.31. The van der Waals surface area contributed by atoms with Gasteiger partial charge < -0.3 is 15.9 Å². The highest BCUT2D eigenvalue weighted by atomic mass is 35.5. The van der Waals surface area contributed by atoms with Crippen molar-refractivity contribution in [2.24, 2.45) is 0 Å². The van der Waals surface area contributed by atoms with Gasteiger partial charge in [-0.25, -0.2) is 0 Å². The third-order valence-electron chi connectivity index (χ3n) is 2.29. The Balaban J connectivity index is 2.90. The lowest BCUT2D eigenvalue weighted by atomic mass is 10.0. The summed E-state index contributed by atoms with van der Waals surface area (Å²) in [5, 5.41) is 19.3. The minimum absolute atomic E-state index is 0.282. The van der Waals surface area contributed by atoms with Crippen LogP contribution in [0.5, 0.6) is 0 Å². The van der Waals surface area contributed by atoms with Gasteiger partial charge in [-0.05, 0) is 25.0 Å². The van der Waals surface area contributed by atoms with Crippen molar-refractivity contribution in [3.8, 4) is 0 Å². The van der Waals surface area contributed by atoms with Crippen LogP contribution in [0.25, 0.3) is 0 Å². The maximum atomic E-state index is 9.77. The van der Waals surface area contributed by atoms with Crippen LogP contribution in [0.15, 0.2) is 12.3 Å². The number of rotatable bonds is 4. The summed E-state index contributed by atoms with van der Waals surface area (Å²) < 4.78 is 0. The maximum absolute atomic E-state index is 9.77. The van der Waals surface area contributed by atoms with E-state index in [9.17, 15) is 10.2 Å². The van der Waals surface area contributed by atoms with Gasteiger partial charge in [-0.3, -0.25) is 4.98 Å². The molecule has 84 valence electrons. The van der Waals surface area contributed by atoms with E-state index >= 15 is 0 Å². The molecular formula is C10H15ClN2O2. The van der Waals surface area contributed by atoms with E-state index in [4.69, 9.17) is 17.3 Å². The van der Waals surface area contributed by atoms with Crippen LogP contribution in [0, 0.1) is 6.92 Å². The Morgan fingerprint density at radius 2 is 2.20 bits per heavy atom. The van der Waals surface area contributed by atoms with E-state index in [2.05, 4.69) is 4.98 Å². The molecule has 1 aromatic heterocycles. The molecule has 0 aliphatic carbocycles. The molecule has 1 rings (SSSR count). The Labute approximate surface area is 93.7 Å². The standard InChI is InChI=1S/C10H15ClN2O2/c1-6-3-5-13-9(8(6)12)10(15)7(14)2-4-11/h3,5,7,10,14-15H,2,4,12H2,1H3. The highest BCUT2D eigenvalue weighted by Gasteiger charge is 2.21. The topological polar surface area (TPSA) is 79.4 Å². The van der Waals surface area contributed by atoms with Crippen molar-refractivity contribution in [3.05, 3.63) is 23.5 Å². The summed E-state index contributed by atoms with van der Waals surface area (Å²) in [4.78, 5) is 3.96. The van der Waals surface area contributed by atoms with Crippen molar-refractivity contribution >= 4 is 17.3 Å². The molecule has 0 aliphatic rings. The number of hydrogen-bond donors (Lipinski definition) is 3. The van der Waals surface area contributed by atoms with Crippen molar-refractivity contribution < 1.29 is 10.2 Å². The molecule has 0 aromatic carbocycles. The molecule has 0 radical (unpaired) electrons. The fourth-order valence-electron chi connectivity index (χ4n) is 1.28. The molecule has 0 fully saturated rings. The minimum Gasteiger partial charge on any atom is -0.397 e. The van der Waals surface area contributed by atoms with Crippen LogP contribution < -0.4 is 5.73 Å². The number of aliphatic hydroxyl groups is 2. The lowest BCUT2D eigenvalue weighted by molar-refractivity contribution is 0.0149. The summed E-state index contributed by atoms with van der Waals surface area (Å²) in [6.07, 6.45) is -0.155. The van der Waals surface area contributed by atoms with Gasteiger partial charge in [0.15, 0.2) is 0 Å². The molecule has 4 N–H and O–H groups in total. The lowest BCUT2D eigenvalue weighted by Crippen LogP contribution is -2.21. The molecule has 0 saturated carbocycles. The molecular weight excluding hydrogens is 216 g/mol. The maximum Gasteiger partial charge on any atom is 0.124 e. The van der Waals surface area contributed by atoms with Crippen LogP contribution in [-0.4, -0.2) is 27.2 Å². The number of aliphatic hydroxyl groups excluding tert-OH is 2. The first-order valence-electron chi connectivity index (χ1n) is 4.71. The van der Waals surface area contributed by atoms with Crippen molar-refractivity contribution in [1.29, 1.82) is 0 Å². The van der Waals surface area contributed by atoms with Gasteiger partial charge in [-0.15, -0.1) is 11.6 Å². The third kappa shape index (κ3) is 2.81. The first-order chi connectivity index (χ1) is 7.07. The molecule has 0 aliphatic heterocycles. The fraction of sp³-hybridized carbons (Fsp3) is 0.500. The smallest absolute Gasteiger partial charge is 0.124 e. The Hall–Kier alpha value is -0.840. The number of halogens is 1. The van der Waals surface area contributed by atoms with Gasteiger partial charge in [0.25, 0.3) is 0 Å². The Morgan fingerprint density at radius 3 is 2.80 bits per heavy atom. The van der Waals surface area contributed by atoms with Gasteiger partial charge in [0.1, 0.15) is 6.10 Å². The fourth-order valence-corrected chi connectivity index (χ4v) is 1.50. The number of alkyl halides is 1. The van der Waals surface area contributed by atoms with E-state index in [0.29, 0.717) is 17.8 Å². The molecule has 1 aromatic rings. The third-order valence-corrected chi connectivity index (χ3v) is 2.51. The predicted octanol–water partition coefficient (Wildman–Crippen LogP) is 0.995. The second-order valence-corrected chi connectivity index (χ2v) is 3.79. The van der Waals surface area contributed by atoms with Crippen LogP contribution in [0.4, 0.5) is 5.69 Å². The number of nitrogens with two attached hydrogens (primary N) is 1. The summed E-state index contributed by atoms with van der Waals surface area (Å²) >= 11 is 5.48. The van der Waals surface area contributed by atoms with Gasteiger partial charge in [0.05, 0.1) is 17.5 Å².